The molecule has 3 aromatic heterocycles. The first-order chi connectivity index (χ1) is 13.0. The van der Waals surface area contributed by atoms with E-state index in [0.29, 0.717) is 29.2 Å². The lowest BCUT2D eigenvalue weighted by Gasteiger charge is -2.09. The van der Waals surface area contributed by atoms with E-state index in [9.17, 15) is 12.8 Å². The fourth-order valence-electron chi connectivity index (χ4n) is 2.69. The number of aryl methyl sites for hydroxylation is 1. The molecule has 27 heavy (non-hydrogen) atoms. The molecule has 1 aromatic carbocycles. The van der Waals surface area contributed by atoms with E-state index in [4.69, 9.17) is 0 Å². The predicted molar refractivity (Wildman–Crippen MR) is 96.9 cm³/mol. The summed E-state index contributed by atoms with van der Waals surface area (Å²) in [5.74, 6) is 0.287. The number of aromatic nitrogens is 5. The zero-order valence-electron chi connectivity index (χ0n) is 14.2. The number of rotatable bonds is 5. The van der Waals surface area contributed by atoms with E-state index >= 15 is 0 Å². The van der Waals surface area contributed by atoms with Gasteiger partial charge in [-0.05, 0) is 37.3 Å². The molecule has 0 unspecified atom stereocenters. The number of sulfone groups is 1. The molecule has 0 saturated heterocycles. The first kappa shape index (κ1) is 17.2. The van der Waals surface area contributed by atoms with E-state index in [1.165, 1.54) is 12.1 Å². The van der Waals surface area contributed by atoms with Crippen molar-refractivity contribution in [2.24, 2.45) is 0 Å². The van der Waals surface area contributed by atoms with Crippen molar-refractivity contribution >= 4 is 32.5 Å². The van der Waals surface area contributed by atoms with Gasteiger partial charge in [-0.15, -0.1) is 0 Å². The summed E-state index contributed by atoms with van der Waals surface area (Å²) >= 11 is 0. The fraction of sp³-hybridized carbons (Fsp3) is 0.118. The summed E-state index contributed by atoms with van der Waals surface area (Å²) in [6, 6.07) is 8.06. The van der Waals surface area contributed by atoms with E-state index in [1.54, 1.807) is 12.3 Å². The quantitative estimate of drug-likeness (QED) is 0.404. The predicted octanol–water partition coefficient (Wildman–Crippen LogP) is 2.89. The molecule has 2 N–H and O–H groups in total. The van der Waals surface area contributed by atoms with E-state index in [2.05, 4.69) is 25.5 Å². The smallest absolute Gasteiger partial charge is 0.256 e. The van der Waals surface area contributed by atoms with Gasteiger partial charge in [0.05, 0.1) is 10.3 Å². The maximum absolute atomic E-state index is 13.2. The van der Waals surface area contributed by atoms with E-state index in [-0.39, 0.29) is 10.1 Å². The third-order valence-corrected chi connectivity index (χ3v) is 5.61. The summed E-state index contributed by atoms with van der Waals surface area (Å²) in [6.45, 7) is 2.54. The molecule has 4 aromatic rings. The van der Waals surface area contributed by atoms with Crippen LogP contribution in [0.4, 0.5) is 16.0 Å². The average Bonchev–Trinajstić information content (AvgIpc) is 3.31. The Kier molecular flexibility index (Phi) is 4.11. The molecule has 8 nitrogen and oxygen atoms in total. The Bertz CT molecular complexity index is 1200. The van der Waals surface area contributed by atoms with Crippen molar-refractivity contribution < 1.29 is 12.8 Å². The molecule has 0 radical (unpaired) electrons. The Labute approximate surface area is 154 Å². The maximum atomic E-state index is 13.2. The standard InChI is InChI=1S/C17H15FN6O2S/c1-2-24-10-8-13-15(20-14-7-9-19-23-14)21-17(22-16(13)24)27(25,26)12-5-3-11(18)4-6-12/h3-10H,2H2,1H3,(H2,19,20,21,22,23). The summed E-state index contributed by atoms with van der Waals surface area (Å²) in [5, 5.41) is 9.99. The van der Waals surface area contributed by atoms with Crippen LogP contribution in [0.25, 0.3) is 11.0 Å². The van der Waals surface area contributed by atoms with Gasteiger partial charge in [0.25, 0.3) is 5.16 Å². The Balaban J connectivity index is 1.91. The molecule has 0 spiro atoms. The summed E-state index contributed by atoms with van der Waals surface area (Å²) in [6.07, 6.45) is 3.44. The molecule has 0 saturated carbocycles. The molecule has 0 aliphatic heterocycles. The number of nitrogens with one attached hydrogen (secondary N) is 2. The van der Waals surface area contributed by atoms with E-state index < -0.39 is 15.7 Å². The zero-order chi connectivity index (χ0) is 19.0. The van der Waals surface area contributed by atoms with Gasteiger partial charge in [-0.3, -0.25) is 5.10 Å². The van der Waals surface area contributed by atoms with Crippen molar-refractivity contribution in [3.63, 3.8) is 0 Å². The van der Waals surface area contributed by atoms with Gasteiger partial charge < -0.3 is 9.88 Å². The highest BCUT2D eigenvalue weighted by Gasteiger charge is 2.24. The number of benzene rings is 1. The molecule has 0 bridgehead atoms. The van der Waals surface area contributed by atoms with Crippen LogP contribution in [0.3, 0.4) is 0 Å². The average molecular weight is 386 g/mol. The summed E-state index contributed by atoms with van der Waals surface area (Å²) in [5.41, 5.74) is 0.478. The van der Waals surface area contributed by atoms with Gasteiger partial charge >= 0.3 is 0 Å². The van der Waals surface area contributed by atoms with Crippen LogP contribution in [0.15, 0.2) is 58.8 Å². The van der Waals surface area contributed by atoms with Crippen LogP contribution < -0.4 is 5.32 Å². The van der Waals surface area contributed by atoms with Crippen molar-refractivity contribution in [1.82, 2.24) is 24.7 Å². The van der Waals surface area contributed by atoms with Crippen molar-refractivity contribution in [3.8, 4) is 0 Å². The molecule has 0 amide bonds. The Morgan fingerprint density at radius 3 is 2.59 bits per heavy atom. The molecule has 0 atom stereocenters. The molecular formula is C17H15FN6O2S. The van der Waals surface area contributed by atoms with E-state index in [0.717, 1.165) is 12.1 Å². The topological polar surface area (TPSA) is 106 Å². The highest BCUT2D eigenvalue weighted by atomic mass is 32.2. The van der Waals surface area contributed by atoms with Crippen LogP contribution in [0.1, 0.15) is 6.92 Å². The Morgan fingerprint density at radius 1 is 1.15 bits per heavy atom. The number of nitrogens with zero attached hydrogens (tertiary/aromatic N) is 4. The van der Waals surface area contributed by atoms with Gasteiger partial charge in [0.15, 0.2) is 5.82 Å². The minimum atomic E-state index is -4.02. The largest absolute Gasteiger partial charge is 0.333 e. The maximum Gasteiger partial charge on any atom is 0.256 e. The lowest BCUT2D eigenvalue weighted by atomic mass is 10.3. The normalized spacial score (nSPS) is 11.8. The summed E-state index contributed by atoms with van der Waals surface area (Å²) in [4.78, 5) is 8.41. The summed E-state index contributed by atoms with van der Waals surface area (Å²) in [7, 11) is -4.02. The zero-order valence-corrected chi connectivity index (χ0v) is 15.0. The highest BCUT2D eigenvalue weighted by Crippen LogP contribution is 2.27. The molecule has 138 valence electrons. The van der Waals surface area contributed by atoms with Crippen LogP contribution >= 0.6 is 0 Å². The molecular weight excluding hydrogens is 371 g/mol. The third-order valence-electron chi connectivity index (χ3n) is 4.05. The van der Waals surface area contributed by atoms with Crippen LogP contribution in [0.5, 0.6) is 0 Å². The van der Waals surface area contributed by atoms with Crippen molar-refractivity contribution in [1.29, 1.82) is 0 Å². The van der Waals surface area contributed by atoms with Crippen LogP contribution in [0.2, 0.25) is 0 Å². The number of anilines is 2. The highest BCUT2D eigenvalue weighted by molar-refractivity contribution is 7.91. The number of halogens is 1. The first-order valence-corrected chi connectivity index (χ1v) is 9.61. The monoisotopic (exact) mass is 386 g/mol. The second kappa shape index (κ2) is 6.47. The third kappa shape index (κ3) is 3.04. The van der Waals surface area contributed by atoms with Gasteiger partial charge in [-0.1, -0.05) is 0 Å². The lowest BCUT2D eigenvalue weighted by molar-refractivity contribution is 0.586. The Morgan fingerprint density at radius 2 is 1.93 bits per heavy atom. The Hall–Kier alpha value is -3.27. The van der Waals surface area contributed by atoms with Crippen molar-refractivity contribution in [2.75, 3.05) is 5.32 Å². The van der Waals surface area contributed by atoms with Crippen LogP contribution in [-0.2, 0) is 16.4 Å². The second-order valence-corrected chi connectivity index (χ2v) is 7.58. The molecule has 0 aliphatic rings. The molecule has 3 heterocycles. The molecule has 0 aliphatic carbocycles. The number of fused-ring (bicyclic) bond motifs is 1. The lowest BCUT2D eigenvalue weighted by Crippen LogP contribution is -2.10. The van der Waals surface area contributed by atoms with Crippen LogP contribution in [0, 0.1) is 5.82 Å². The second-order valence-electron chi connectivity index (χ2n) is 5.74. The van der Waals surface area contributed by atoms with Gasteiger partial charge in [0.2, 0.25) is 9.84 Å². The van der Waals surface area contributed by atoms with Gasteiger partial charge in [0.1, 0.15) is 17.3 Å². The van der Waals surface area contributed by atoms with Gasteiger partial charge in [-0.2, -0.15) is 15.1 Å². The van der Waals surface area contributed by atoms with Gasteiger partial charge in [0, 0.05) is 25.0 Å². The summed E-state index contributed by atoms with van der Waals surface area (Å²) < 4.78 is 40.9. The first-order valence-electron chi connectivity index (χ1n) is 8.13. The minimum Gasteiger partial charge on any atom is -0.333 e. The van der Waals surface area contributed by atoms with Crippen LogP contribution in [-0.4, -0.2) is 33.2 Å². The van der Waals surface area contributed by atoms with E-state index in [1.807, 2.05) is 23.8 Å². The minimum absolute atomic E-state index is 0.0800. The number of aromatic amines is 1. The van der Waals surface area contributed by atoms with Crippen molar-refractivity contribution in [3.05, 3.63) is 54.6 Å². The molecule has 10 heteroatoms. The van der Waals surface area contributed by atoms with Gasteiger partial charge in [-0.25, -0.2) is 12.8 Å². The molecule has 4 rings (SSSR count). The van der Waals surface area contributed by atoms with Crippen molar-refractivity contribution in [2.45, 2.75) is 23.5 Å². The number of hydrogen-bond donors (Lipinski definition) is 2. The fourth-order valence-corrected chi connectivity index (χ4v) is 3.81. The molecule has 0 fully saturated rings. The number of H-pyrrole nitrogens is 1. The number of hydrogen-bond acceptors (Lipinski definition) is 6. The SMILES string of the molecule is CCn1ccc2c(Nc3cc[nH]n3)nc(S(=O)(=O)c3ccc(F)cc3)nc21.